The van der Waals surface area contributed by atoms with Crippen molar-refractivity contribution in [2.75, 3.05) is 30.0 Å². The fraction of sp³-hybridized carbons (Fsp3) is 0.476. The Kier molecular flexibility index (Phi) is 6.89. The molecule has 2 atom stereocenters. The van der Waals surface area contributed by atoms with Gasteiger partial charge in [-0.3, -0.25) is 9.79 Å². The van der Waals surface area contributed by atoms with E-state index in [2.05, 4.69) is 36.7 Å². The van der Waals surface area contributed by atoms with Gasteiger partial charge in [0.25, 0.3) is 11.9 Å². The van der Waals surface area contributed by atoms with E-state index in [-0.39, 0.29) is 42.4 Å². The van der Waals surface area contributed by atoms with E-state index in [1.165, 1.54) is 28.6 Å². The van der Waals surface area contributed by atoms with E-state index < -0.39 is 24.0 Å². The lowest BCUT2D eigenvalue weighted by atomic mass is 10.00. The molecule has 3 heterocycles. The molecule has 0 spiro atoms. The zero-order valence-corrected chi connectivity index (χ0v) is 18.8. The van der Waals surface area contributed by atoms with Gasteiger partial charge >= 0.3 is 6.18 Å². The Labute approximate surface area is 198 Å². The minimum absolute atomic E-state index is 0.0170. The maximum atomic E-state index is 15.3. The van der Waals surface area contributed by atoms with Gasteiger partial charge in [-0.2, -0.15) is 23.3 Å². The molecule has 1 saturated heterocycles. The average Bonchev–Trinajstić information content (AvgIpc) is 3.68. The van der Waals surface area contributed by atoms with Gasteiger partial charge in [-0.25, -0.2) is 24.3 Å². The second-order valence-corrected chi connectivity index (χ2v) is 8.16. The smallest absolute Gasteiger partial charge is 0.338 e. The molecule has 4 rings (SSSR count). The van der Waals surface area contributed by atoms with Crippen molar-refractivity contribution in [1.29, 1.82) is 0 Å². The third kappa shape index (κ3) is 5.35. The summed E-state index contributed by atoms with van der Waals surface area (Å²) in [5.41, 5.74) is -0.764. The first-order valence-corrected chi connectivity index (χ1v) is 10.8. The van der Waals surface area contributed by atoms with Crippen LogP contribution in [0.2, 0.25) is 0 Å². The molecule has 0 N–H and O–H groups in total. The van der Waals surface area contributed by atoms with Crippen LogP contribution in [0.3, 0.4) is 0 Å². The van der Waals surface area contributed by atoms with Crippen LogP contribution in [0, 0.1) is 0 Å². The number of hydrazone groups is 1. The summed E-state index contributed by atoms with van der Waals surface area (Å²) in [6.45, 7) is 3.56. The van der Waals surface area contributed by atoms with Gasteiger partial charge in [-0.15, -0.1) is 0 Å². The summed E-state index contributed by atoms with van der Waals surface area (Å²) < 4.78 is 53.6. The first-order chi connectivity index (χ1) is 16.7. The number of carbonyl (C=O) groups is 1. The van der Waals surface area contributed by atoms with Crippen LogP contribution < -0.4 is 9.91 Å². The molecule has 0 aromatic carbocycles. The van der Waals surface area contributed by atoms with Crippen LogP contribution in [0.4, 0.5) is 29.5 Å². The zero-order valence-electron chi connectivity index (χ0n) is 18.8. The Morgan fingerprint density at radius 3 is 2.31 bits per heavy atom. The number of carbonyl (C=O) groups excluding carboxylic acids is 1. The zero-order chi connectivity index (χ0) is 25.2. The molecule has 2 aromatic heterocycles. The second-order valence-electron chi connectivity index (χ2n) is 8.16. The molecule has 0 radical (unpaired) electrons. The van der Waals surface area contributed by atoms with Crippen molar-refractivity contribution in [3.05, 3.63) is 35.9 Å². The highest BCUT2D eigenvalue weighted by Gasteiger charge is 2.44. The van der Waals surface area contributed by atoms with E-state index in [0.29, 0.717) is 18.9 Å². The van der Waals surface area contributed by atoms with Crippen molar-refractivity contribution in [2.45, 2.75) is 43.7 Å². The van der Waals surface area contributed by atoms with Crippen LogP contribution in [0.5, 0.6) is 0 Å². The molecule has 1 amide bonds. The Morgan fingerprint density at radius 2 is 1.80 bits per heavy atom. The molecule has 0 unspecified atom stereocenters. The highest BCUT2D eigenvalue weighted by molar-refractivity contribution is 5.94. The van der Waals surface area contributed by atoms with Gasteiger partial charge in [-0.05, 0) is 19.3 Å². The normalized spacial score (nSPS) is 20.7. The van der Waals surface area contributed by atoms with Gasteiger partial charge in [-0.1, -0.05) is 0 Å². The maximum Gasteiger partial charge on any atom is 0.419 e. The second kappa shape index (κ2) is 9.88. The Hall–Kier alpha value is -3.71. The first-order valence-electron chi connectivity index (χ1n) is 10.8. The molecule has 2 fully saturated rings. The number of aromatic nitrogens is 4. The molecule has 1 aliphatic carbocycles. The Balaban J connectivity index is 1.46. The van der Waals surface area contributed by atoms with Crippen LogP contribution in [-0.2, 0) is 6.18 Å². The summed E-state index contributed by atoms with van der Waals surface area (Å²) in [5, 5.41) is 4.96. The topological polar surface area (TPSA) is 103 Å². The number of amides is 1. The van der Waals surface area contributed by atoms with Crippen molar-refractivity contribution >= 4 is 30.9 Å². The van der Waals surface area contributed by atoms with E-state index in [4.69, 9.17) is 0 Å². The van der Waals surface area contributed by atoms with E-state index in [1.54, 1.807) is 11.9 Å². The van der Waals surface area contributed by atoms with Crippen molar-refractivity contribution < 1.29 is 22.4 Å². The minimum Gasteiger partial charge on any atom is -0.338 e. The molecule has 2 aromatic rings. The van der Waals surface area contributed by atoms with E-state index in [1.807, 2.05) is 0 Å². The number of nitrogens with zero attached hydrogens (tertiary/aromatic N) is 9. The molecular formula is C21H23F4N9O. The minimum atomic E-state index is -4.55. The van der Waals surface area contributed by atoms with Crippen molar-refractivity contribution in [1.82, 2.24) is 24.8 Å². The van der Waals surface area contributed by atoms with Gasteiger partial charge in [0.2, 0.25) is 5.95 Å². The summed E-state index contributed by atoms with van der Waals surface area (Å²) in [5.74, 6) is -0.190. The monoisotopic (exact) mass is 493 g/mol. The standard InChI is InChI=1S/C21H23F4N9O/c1-26-12-33(27-2)20-28-7-13(8-29-20)18(35)34(15-3-4-15)17-5-6-32(11-16(17)22)19-30-9-14(10-31-19)21(23,24)25/h7-10,12,15-17H,2-6,11H2,1H3/t16-,17+/m0/s1. The van der Waals surface area contributed by atoms with Gasteiger partial charge in [0.15, 0.2) is 0 Å². The number of piperidine rings is 1. The van der Waals surface area contributed by atoms with Crippen molar-refractivity contribution in [3.63, 3.8) is 0 Å². The fourth-order valence-electron chi connectivity index (χ4n) is 3.92. The van der Waals surface area contributed by atoms with E-state index >= 15 is 4.39 Å². The van der Waals surface area contributed by atoms with Crippen LogP contribution in [0.25, 0.3) is 0 Å². The molecule has 186 valence electrons. The number of hydrogen-bond acceptors (Lipinski definition) is 8. The lowest BCUT2D eigenvalue weighted by molar-refractivity contribution is -0.138. The van der Waals surface area contributed by atoms with Crippen LogP contribution >= 0.6 is 0 Å². The predicted molar refractivity (Wildman–Crippen MR) is 120 cm³/mol. The number of hydrogen-bond donors (Lipinski definition) is 0. The van der Waals surface area contributed by atoms with E-state index in [0.717, 1.165) is 12.8 Å². The summed E-state index contributed by atoms with van der Waals surface area (Å²) in [4.78, 5) is 35.9. The molecule has 10 nitrogen and oxygen atoms in total. The molecule has 1 aliphatic heterocycles. The molecular weight excluding hydrogens is 470 g/mol. The first kappa shape index (κ1) is 24.4. The number of anilines is 2. The highest BCUT2D eigenvalue weighted by atomic mass is 19.4. The lowest BCUT2D eigenvalue weighted by Crippen LogP contribution is -2.55. The third-order valence-electron chi connectivity index (χ3n) is 5.75. The molecule has 0 bridgehead atoms. The van der Waals surface area contributed by atoms with Crippen LogP contribution in [-0.4, -0.2) is 82.2 Å². The molecule has 14 heteroatoms. The Morgan fingerprint density at radius 1 is 1.14 bits per heavy atom. The van der Waals surface area contributed by atoms with Crippen molar-refractivity contribution in [3.8, 4) is 0 Å². The maximum absolute atomic E-state index is 15.3. The van der Waals surface area contributed by atoms with Gasteiger partial charge in [0.05, 0.1) is 23.7 Å². The predicted octanol–water partition coefficient (Wildman–Crippen LogP) is 2.59. The molecule has 1 saturated carbocycles. The number of alkyl halides is 4. The fourth-order valence-corrected chi connectivity index (χ4v) is 3.92. The lowest BCUT2D eigenvalue weighted by Gasteiger charge is -2.41. The number of aliphatic imine (C=N–C) groups is 1. The van der Waals surface area contributed by atoms with Crippen LogP contribution in [0.1, 0.15) is 35.2 Å². The molecule has 2 aliphatic rings. The van der Waals surface area contributed by atoms with Crippen LogP contribution in [0.15, 0.2) is 34.9 Å². The SMILES string of the molecule is C=NN(C=NC)c1ncc(C(=O)N(C2CC2)[C@@H]2CCN(c3ncc(C(F)(F)F)cn3)C[C@@H]2F)cn1. The third-order valence-corrected chi connectivity index (χ3v) is 5.75. The largest absolute Gasteiger partial charge is 0.419 e. The quantitative estimate of drug-likeness (QED) is 0.253. The van der Waals surface area contributed by atoms with Gasteiger partial charge in [0.1, 0.15) is 12.5 Å². The summed E-state index contributed by atoms with van der Waals surface area (Å²) in [6, 6.07) is -0.781. The highest BCUT2D eigenvalue weighted by Crippen LogP contribution is 2.35. The van der Waals surface area contributed by atoms with Gasteiger partial charge in [0, 0.05) is 51.1 Å². The summed E-state index contributed by atoms with van der Waals surface area (Å²) >= 11 is 0. The van der Waals surface area contributed by atoms with E-state index in [9.17, 15) is 18.0 Å². The Bertz CT molecular complexity index is 1070. The van der Waals surface area contributed by atoms with Gasteiger partial charge < -0.3 is 9.80 Å². The average molecular weight is 493 g/mol. The number of halogens is 4. The molecule has 35 heavy (non-hydrogen) atoms. The number of rotatable bonds is 7. The summed E-state index contributed by atoms with van der Waals surface area (Å²) in [6.07, 6.45) is 1.23. The van der Waals surface area contributed by atoms with Crippen molar-refractivity contribution in [2.24, 2.45) is 10.1 Å². The summed E-state index contributed by atoms with van der Waals surface area (Å²) in [7, 11) is 1.55.